The second-order valence-electron chi connectivity index (χ2n) is 7.14. The third-order valence-electron chi connectivity index (χ3n) is 4.63. The minimum Gasteiger partial charge on any atom is -0.497 e. The van der Waals surface area contributed by atoms with Crippen LogP contribution in [-0.4, -0.2) is 72.7 Å². The zero-order valence-electron chi connectivity index (χ0n) is 18.0. The summed E-state index contributed by atoms with van der Waals surface area (Å²) in [4.78, 5) is 4.12. The molecular formula is C20H34N4O5S. The van der Waals surface area contributed by atoms with Gasteiger partial charge in [0, 0.05) is 32.8 Å². The zero-order chi connectivity index (χ0) is 21.8. The average molecular weight is 443 g/mol. The molecule has 10 heteroatoms. The van der Waals surface area contributed by atoms with Crippen molar-refractivity contribution in [2.45, 2.75) is 38.4 Å². The summed E-state index contributed by atoms with van der Waals surface area (Å²) in [5.41, 5.74) is 0. The van der Waals surface area contributed by atoms with Gasteiger partial charge in [-0.2, -0.15) is 0 Å². The van der Waals surface area contributed by atoms with Crippen molar-refractivity contribution in [2.24, 2.45) is 4.99 Å². The Labute approximate surface area is 179 Å². The quantitative estimate of drug-likeness (QED) is 0.348. The van der Waals surface area contributed by atoms with E-state index in [1.165, 1.54) is 0 Å². The van der Waals surface area contributed by atoms with Crippen LogP contribution in [0.25, 0.3) is 0 Å². The summed E-state index contributed by atoms with van der Waals surface area (Å²) < 4.78 is 43.6. The fraction of sp³-hybridized carbons (Fsp3) is 0.650. The van der Waals surface area contributed by atoms with Crippen LogP contribution < -0.4 is 24.8 Å². The summed E-state index contributed by atoms with van der Waals surface area (Å²) in [6, 6.07) is 7.40. The van der Waals surface area contributed by atoms with Crippen LogP contribution in [0.2, 0.25) is 0 Å². The smallest absolute Gasteiger partial charge is 0.213 e. The van der Waals surface area contributed by atoms with E-state index in [2.05, 4.69) is 20.3 Å². The van der Waals surface area contributed by atoms with Crippen LogP contribution in [0.15, 0.2) is 29.3 Å². The van der Waals surface area contributed by atoms with Gasteiger partial charge in [0.25, 0.3) is 0 Å². The van der Waals surface area contributed by atoms with E-state index in [1.54, 1.807) is 14.2 Å². The van der Waals surface area contributed by atoms with Crippen molar-refractivity contribution in [2.75, 3.05) is 46.2 Å². The van der Waals surface area contributed by atoms with Gasteiger partial charge >= 0.3 is 0 Å². The molecule has 3 N–H and O–H groups in total. The van der Waals surface area contributed by atoms with E-state index in [-0.39, 0.29) is 24.5 Å². The van der Waals surface area contributed by atoms with E-state index in [4.69, 9.17) is 14.2 Å². The molecule has 1 heterocycles. The summed E-state index contributed by atoms with van der Waals surface area (Å²) in [6.07, 6.45) is 2.87. The van der Waals surface area contributed by atoms with Crippen molar-refractivity contribution in [1.82, 2.24) is 15.4 Å². The number of aliphatic imine (C=N–C) groups is 1. The molecule has 0 radical (unpaired) electrons. The molecule has 170 valence electrons. The summed E-state index contributed by atoms with van der Waals surface area (Å²) >= 11 is 0. The Bertz CT molecular complexity index is 766. The van der Waals surface area contributed by atoms with Gasteiger partial charge in [-0.05, 0) is 38.3 Å². The van der Waals surface area contributed by atoms with Gasteiger partial charge in [0.15, 0.2) is 5.96 Å². The summed E-state index contributed by atoms with van der Waals surface area (Å²) in [5, 5.41) is 6.15. The van der Waals surface area contributed by atoms with E-state index in [0.717, 1.165) is 25.0 Å². The molecule has 1 aromatic carbocycles. The van der Waals surface area contributed by atoms with Crippen LogP contribution >= 0.6 is 0 Å². The second kappa shape index (κ2) is 12.6. The molecular weight excluding hydrogens is 408 g/mol. The molecule has 1 fully saturated rings. The Kier molecular flexibility index (Phi) is 10.2. The molecule has 9 nitrogen and oxygen atoms in total. The number of nitrogens with one attached hydrogen (secondary N) is 3. The highest BCUT2D eigenvalue weighted by molar-refractivity contribution is 7.89. The number of guanidine groups is 1. The maximum atomic E-state index is 12.2. The van der Waals surface area contributed by atoms with Gasteiger partial charge in [-0.1, -0.05) is 6.07 Å². The molecule has 1 aliphatic rings. The van der Waals surface area contributed by atoms with Crippen LogP contribution in [0.3, 0.4) is 0 Å². The van der Waals surface area contributed by atoms with Crippen molar-refractivity contribution in [3.05, 3.63) is 24.3 Å². The van der Waals surface area contributed by atoms with Crippen LogP contribution in [0.4, 0.5) is 0 Å². The van der Waals surface area contributed by atoms with Crippen molar-refractivity contribution in [3.8, 4) is 11.5 Å². The molecule has 0 spiro atoms. The summed E-state index contributed by atoms with van der Waals surface area (Å²) in [7, 11) is -0.130. The third kappa shape index (κ3) is 9.19. The summed E-state index contributed by atoms with van der Waals surface area (Å²) in [6.45, 7) is 3.71. The Hall–Kier alpha value is -2.04. The molecule has 0 aromatic heterocycles. The maximum absolute atomic E-state index is 12.2. The molecule has 2 unspecified atom stereocenters. The van der Waals surface area contributed by atoms with Gasteiger partial charge < -0.3 is 24.8 Å². The lowest BCUT2D eigenvalue weighted by molar-refractivity contribution is 0.0200. The van der Waals surface area contributed by atoms with Gasteiger partial charge in [-0.25, -0.2) is 13.1 Å². The first-order valence-corrected chi connectivity index (χ1v) is 11.9. The fourth-order valence-corrected chi connectivity index (χ4v) is 3.93. The van der Waals surface area contributed by atoms with Gasteiger partial charge in [0.2, 0.25) is 10.0 Å². The molecule has 2 rings (SSSR count). The SMILES string of the molecule is CN=C(NCCS(=O)(=O)NCC1CCCCO1)NCC(C)Oc1cccc(OC)c1. The van der Waals surface area contributed by atoms with E-state index >= 15 is 0 Å². The van der Waals surface area contributed by atoms with Gasteiger partial charge in [-0.15, -0.1) is 0 Å². The van der Waals surface area contributed by atoms with E-state index < -0.39 is 10.0 Å². The topological polar surface area (TPSA) is 110 Å². The van der Waals surface area contributed by atoms with Gasteiger partial charge in [0.05, 0.1) is 25.5 Å². The lowest BCUT2D eigenvalue weighted by atomic mass is 10.1. The lowest BCUT2D eigenvalue weighted by Gasteiger charge is -2.22. The molecule has 0 bridgehead atoms. The molecule has 0 amide bonds. The number of rotatable bonds is 11. The first kappa shape index (κ1) is 24.2. The van der Waals surface area contributed by atoms with Gasteiger partial charge in [-0.3, -0.25) is 4.99 Å². The van der Waals surface area contributed by atoms with Crippen molar-refractivity contribution in [3.63, 3.8) is 0 Å². The largest absolute Gasteiger partial charge is 0.497 e. The molecule has 0 saturated carbocycles. The number of sulfonamides is 1. The third-order valence-corrected chi connectivity index (χ3v) is 5.98. The molecule has 1 aromatic rings. The van der Waals surface area contributed by atoms with Crippen molar-refractivity contribution >= 4 is 16.0 Å². The molecule has 30 heavy (non-hydrogen) atoms. The van der Waals surface area contributed by atoms with Crippen molar-refractivity contribution < 1.29 is 22.6 Å². The van der Waals surface area contributed by atoms with Crippen LogP contribution in [0.5, 0.6) is 11.5 Å². The minimum absolute atomic E-state index is 0.0259. The predicted octanol–water partition coefficient (Wildman–Crippen LogP) is 1.12. The number of nitrogens with zero attached hydrogens (tertiary/aromatic N) is 1. The fourth-order valence-electron chi connectivity index (χ4n) is 2.97. The highest BCUT2D eigenvalue weighted by atomic mass is 32.2. The number of ether oxygens (including phenoxy) is 3. The number of hydrogen-bond acceptors (Lipinski definition) is 6. The van der Waals surface area contributed by atoms with Gasteiger partial charge in [0.1, 0.15) is 17.6 Å². The van der Waals surface area contributed by atoms with Crippen LogP contribution in [0.1, 0.15) is 26.2 Å². The average Bonchev–Trinajstić information content (AvgIpc) is 2.75. The lowest BCUT2D eigenvalue weighted by Crippen LogP contribution is -2.44. The highest BCUT2D eigenvalue weighted by Gasteiger charge is 2.17. The monoisotopic (exact) mass is 442 g/mol. The minimum atomic E-state index is -3.38. The van der Waals surface area contributed by atoms with Crippen molar-refractivity contribution in [1.29, 1.82) is 0 Å². The summed E-state index contributed by atoms with van der Waals surface area (Å²) in [5.74, 6) is 1.92. The molecule has 1 saturated heterocycles. The first-order chi connectivity index (χ1) is 14.4. The standard InChI is InChI=1S/C20H34N4O5S/c1-16(29-18-9-6-8-17(13-18)27-3)14-23-20(21-2)22-10-12-30(25,26)24-15-19-7-4-5-11-28-19/h6,8-9,13,16,19,24H,4-5,7,10-12,14-15H2,1-3H3,(H2,21,22,23). The normalized spacial score (nSPS) is 18.5. The Balaban J connectivity index is 1.67. The number of benzene rings is 1. The Morgan fingerprint density at radius 2 is 2.10 bits per heavy atom. The first-order valence-electron chi connectivity index (χ1n) is 10.3. The maximum Gasteiger partial charge on any atom is 0.213 e. The molecule has 0 aliphatic carbocycles. The molecule has 1 aliphatic heterocycles. The Morgan fingerprint density at radius 3 is 2.80 bits per heavy atom. The van der Waals surface area contributed by atoms with E-state index in [9.17, 15) is 8.42 Å². The Morgan fingerprint density at radius 1 is 1.30 bits per heavy atom. The highest BCUT2D eigenvalue weighted by Crippen LogP contribution is 2.19. The van der Waals surface area contributed by atoms with Crippen LogP contribution in [-0.2, 0) is 14.8 Å². The number of hydrogen-bond donors (Lipinski definition) is 3. The van der Waals surface area contributed by atoms with E-state index in [1.807, 2.05) is 31.2 Å². The second-order valence-corrected chi connectivity index (χ2v) is 9.07. The predicted molar refractivity (Wildman–Crippen MR) is 118 cm³/mol. The van der Waals surface area contributed by atoms with Crippen LogP contribution in [0, 0.1) is 0 Å². The molecule has 2 atom stereocenters. The van der Waals surface area contributed by atoms with E-state index in [0.29, 0.717) is 31.4 Å². The zero-order valence-corrected chi connectivity index (χ0v) is 18.8. The number of methoxy groups -OCH3 is 1.